The van der Waals surface area contributed by atoms with Crippen molar-refractivity contribution < 1.29 is 84.4 Å². The highest BCUT2D eigenvalue weighted by atomic mass is 19.4. The number of rotatable bonds is 41. The number of carbonyl (C=O) groups excluding carboxylic acids is 4. The highest BCUT2D eigenvalue weighted by Crippen LogP contribution is 2.22. The number of hydrogen-bond donors (Lipinski definition) is 2. The number of alkyl halides is 6. The Morgan fingerprint density at radius 3 is 0.706 bits per heavy atom. The number of quaternary nitrogens is 2. The number of carboxylic acids is 2. The molecule has 0 aliphatic heterocycles. The van der Waals surface area contributed by atoms with E-state index in [2.05, 4.69) is 27.9 Å². The standard InChI is InChI=1S/C46H94N2O6.2C2HF3O2/c1-7-9-11-13-15-17-21-25-29-33-37-47(3,43(41-49)45(51)53-5)39-35-31-27-23-19-20-24-28-32-36-40-48(4,44(42-50)46(52)54-6)38-34-30-26-22-18-16-14-12-10-8-2;2*3-2(4,5)1(6)7/h43-44,49-50H,7-42H2,1-6H3;2*(H,6,7)/q+2;;/p-2/t43-,44-,47?,48?;;/m0../s1. The Labute approximate surface area is 406 Å². The van der Waals surface area contributed by atoms with Crippen molar-refractivity contribution in [1.82, 2.24) is 0 Å². The summed E-state index contributed by atoms with van der Waals surface area (Å²) in [4.78, 5) is 42.7. The quantitative estimate of drug-likeness (QED) is 0.0260. The van der Waals surface area contributed by atoms with Gasteiger partial charge in [0.2, 0.25) is 12.1 Å². The zero-order chi connectivity index (χ0) is 52.3. The second-order valence-electron chi connectivity index (χ2n) is 18.8. The first-order valence-corrected chi connectivity index (χ1v) is 25.7. The molecule has 0 aliphatic rings. The van der Waals surface area contributed by atoms with Gasteiger partial charge in [-0.2, -0.15) is 26.3 Å². The molecule has 0 fully saturated rings. The third-order valence-electron chi connectivity index (χ3n) is 12.9. The molecule has 0 aromatic rings. The van der Waals surface area contributed by atoms with Gasteiger partial charge in [-0.15, -0.1) is 0 Å². The van der Waals surface area contributed by atoms with E-state index in [-0.39, 0.29) is 25.2 Å². The number of aliphatic hydroxyl groups excluding tert-OH is 2. The topological polar surface area (TPSA) is 173 Å². The second kappa shape index (κ2) is 43.1. The summed E-state index contributed by atoms with van der Waals surface area (Å²) >= 11 is 0. The molecule has 0 spiro atoms. The first-order chi connectivity index (χ1) is 32.1. The third kappa shape index (κ3) is 38.1. The molecule has 68 heavy (non-hydrogen) atoms. The predicted octanol–water partition coefficient (Wildman–Crippen LogP) is 9.29. The fourth-order valence-corrected chi connectivity index (χ4v) is 8.45. The Bertz CT molecular complexity index is 1150. The maximum absolute atomic E-state index is 12.6. The zero-order valence-corrected chi connectivity index (χ0v) is 42.9. The average molecular weight is 997 g/mol. The number of aliphatic carboxylic acids is 2. The number of methoxy groups -OCH3 is 2. The second-order valence-corrected chi connectivity index (χ2v) is 18.8. The van der Waals surface area contributed by atoms with E-state index in [9.17, 15) is 46.1 Å². The molecule has 0 saturated heterocycles. The summed E-state index contributed by atoms with van der Waals surface area (Å²) in [6.07, 6.45) is 27.3. The first kappa shape index (κ1) is 69.6. The van der Waals surface area contributed by atoms with Gasteiger partial charge in [-0.1, -0.05) is 155 Å². The lowest BCUT2D eigenvalue weighted by Gasteiger charge is -2.39. The van der Waals surface area contributed by atoms with Gasteiger partial charge in [0.25, 0.3) is 0 Å². The lowest BCUT2D eigenvalue weighted by molar-refractivity contribution is -0.926. The normalized spacial score (nSPS) is 14.3. The van der Waals surface area contributed by atoms with Crippen LogP contribution in [-0.4, -0.2) is 135 Å². The molecule has 12 nitrogen and oxygen atoms in total. The van der Waals surface area contributed by atoms with Crippen LogP contribution in [0, 0.1) is 0 Å². The van der Waals surface area contributed by atoms with Crippen LogP contribution in [0.15, 0.2) is 0 Å². The van der Waals surface area contributed by atoms with Crippen LogP contribution < -0.4 is 10.2 Å². The highest BCUT2D eigenvalue weighted by molar-refractivity contribution is 5.75. The molecule has 18 heteroatoms. The van der Waals surface area contributed by atoms with Gasteiger partial charge in [-0.05, 0) is 51.4 Å². The zero-order valence-electron chi connectivity index (χ0n) is 42.9. The van der Waals surface area contributed by atoms with E-state index >= 15 is 0 Å². The minimum Gasteiger partial charge on any atom is -0.542 e. The van der Waals surface area contributed by atoms with Crippen LogP contribution in [0.3, 0.4) is 0 Å². The molecule has 406 valence electrons. The van der Waals surface area contributed by atoms with Gasteiger partial charge in [0, 0.05) is 0 Å². The van der Waals surface area contributed by atoms with Crippen LogP contribution in [0.25, 0.3) is 0 Å². The van der Waals surface area contributed by atoms with Gasteiger partial charge in [0.15, 0.2) is 0 Å². The maximum Gasteiger partial charge on any atom is 0.430 e. The first-order valence-electron chi connectivity index (χ1n) is 25.7. The third-order valence-corrected chi connectivity index (χ3v) is 12.9. The molecule has 0 rings (SSSR count). The van der Waals surface area contributed by atoms with E-state index in [0.717, 1.165) is 64.7 Å². The number of likely N-dealkylation sites (N-methyl/N-ethyl adjacent to an activating group) is 2. The molecular weight excluding hydrogens is 903 g/mol. The van der Waals surface area contributed by atoms with Crippen LogP contribution in [0.4, 0.5) is 26.3 Å². The molecule has 0 aromatic heterocycles. The van der Waals surface area contributed by atoms with E-state index in [4.69, 9.17) is 29.3 Å². The molecule has 0 amide bonds. The van der Waals surface area contributed by atoms with Gasteiger partial charge in [-0.25, -0.2) is 9.59 Å². The van der Waals surface area contributed by atoms with Gasteiger partial charge in [-0.3, -0.25) is 0 Å². The SMILES string of the molecule is CCCCCCCCCCCC[N+](C)(CCCCCCCCCCCC[N+](C)(CCCCCCCCCCCC)[C@@H](CO)C(=O)OC)[C@@H](CO)C(=O)OC.O=C([O-])C(F)(F)F.O=C([O-])C(F)(F)F. The fourth-order valence-electron chi connectivity index (χ4n) is 8.45. The number of ether oxygens (including phenoxy) is 2. The number of carbonyl (C=O) groups is 4. The van der Waals surface area contributed by atoms with Crippen molar-refractivity contribution >= 4 is 23.9 Å². The largest absolute Gasteiger partial charge is 0.542 e. The van der Waals surface area contributed by atoms with Crippen molar-refractivity contribution in [2.24, 2.45) is 0 Å². The molecule has 0 aromatic carbocycles. The Kier molecular flexibility index (Phi) is 44.1. The van der Waals surface area contributed by atoms with Crippen molar-refractivity contribution in [3.8, 4) is 0 Å². The van der Waals surface area contributed by atoms with E-state index < -0.39 is 36.4 Å². The van der Waals surface area contributed by atoms with Crippen molar-refractivity contribution in [3.05, 3.63) is 0 Å². The molecule has 2 N–H and O–H groups in total. The van der Waals surface area contributed by atoms with Crippen LogP contribution in [0.5, 0.6) is 0 Å². The average Bonchev–Trinajstić information content (AvgIpc) is 3.28. The Hall–Kier alpha value is -2.70. The lowest BCUT2D eigenvalue weighted by atomic mass is 10.0. The van der Waals surface area contributed by atoms with Gasteiger partial charge < -0.3 is 48.5 Å². The molecule has 0 bridgehead atoms. The number of esters is 2. The molecule has 0 aliphatic carbocycles. The summed E-state index contributed by atoms with van der Waals surface area (Å²) in [5, 5.41) is 37.9. The minimum absolute atomic E-state index is 0.161. The number of halogens is 6. The smallest absolute Gasteiger partial charge is 0.430 e. The molecule has 0 heterocycles. The van der Waals surface area contributed by atoms with E-state index in [1.54, 1.807) is 0 Å². The highest BCUT2D eigenvalue weighted by Gasteiger charge is 2.39. The number of unbranched alkanes of at least 4 members (excludes halogenated alkanes) is 27. The maximum atomic E-state index is 12.6. The van der Waals surface area contributed by atoms with Crippen molar-refractivity contribution in [1.29, 1.82) is 0 Å². The summed E-state index contributed by atoms with van der Waals surface area (Å²) in [6.45, 7) is 7.84. The van der Waals surface area contributed by atoms with E-state index in [0.29, 0.717) is 8.97 Å². The molecule has 2 unspecified atom stereocenters. The summed E-state index contributed by atoms with van der Waals surface area (Å²) in [7, 11) is 7.16. The van der Waals surface area contributed by atoms with Crippen molar-refractivity contribution in [2.75, 3.05) is 67.7 Å². The number of aliphatic hydroxyl groups is 2. The van der Waals surface area contributed by atoms with Gasteiger partial charge in [0.1, 0.15) is 25.2 Å². The minimum atomic E-state index is -5.19. The molecule has 0 saturated carbocycles. The number of carboxylic acid groups (broad SMARTS) is 2. The Morgan fingerprint density at radius 1 is 0.412 bits per heavy atom. The number of hydrogen-bond acceptors (Lipinski definition) is 10. The summed E-state index contributed by atoms with van der Waals surface area (Å²) in [5.74, 6) is -6.59. The van der Waals surface area contributed by atoms with Crippen LogP contribution in [0.2, 0.25) is 0 Å². The van der Waals surface area contributed by atoms with Crippen LogP contribution in [0.1, 0.15) is 206 Å². The van der Waals surface area contributed by atoms with Crippen molar-refractivity contribution in [2.45, 2.75) is 231 Å². The monoisotopic (exact) mass is 997 g/mol. The van der Waals surface area contributed by atoms with Crippen LogP contribution >= 0.6 is 0 Å². The molecule has 0 radical (unpaired) electrons. The number of nitrogens with zero attached hydrogens (tertiary/aromatic N) is 2. The van der Waals surface area contributed by atoms with Gasteiger partial charge >= 0.3 is 24.3 Å². The molecule has 4 atom stereocenters. The van der Waals surface area contributed by atoms with Crippen molar-refractivity contribution in [3.63, 3.8) is 0 Å². The predicted molar refractivity (Wildman–Crippen MR) is 250 cm³/mol. The van der Waals surface area contributed by atoms with Gasteiger partial charge in [0.05, 0.1) is 54.5 Å². The molecular formula is C50H94F6N2O10. The fraction of sp³-hybridized carbons (Fsp3) is 0.920. The Morgan fingerprint density at radius 2 is 0.574 bits per heavy atom. The van der Waals surface area contributed by atoms with E-state index in [1.165, 1.54) is 168 Å². The lowest BCUT2D eigenvalue weighted by Crippen LogP contribution is -2.58. The summed E-state index contributed by atoms with van der Waals surface area (Å²) < 4.78 is 74.5. The Balaban J connectivity index is -0.00000259. The summed E-state index contributed by atoms with van der Waals surface area (Å²) in [6, 6.07) is -1.00. The summed E-state index contributed by atoms with van der Waals surface area (Å²) in [5.41, 5.74) is 0. The van der Waals surface area contributed by atoms with Crippen LogP contribution in [-0.2, 0) is 28.7 Å². The van der Waals surface area contributed by atoms with E-state index in [1.807, 2.05) is 0 Å².